The third kappa shape index (κ3) is 4.09. The van der Waals surface area contributed by atoms with Crippen LogP contribution in [0.3, 0.4) is 0 Å². The van der Waals surface area contributed by atoms with Crippen molar-refractivity contribution in [2.45, 2.75) is 17.7 Å². The number of nitrogens with zero attached hydrogens (tertiary/aromatic N) is 1. The standard InChI is InChI=1S/C18H19F2N3O3S/c19-13-5-6-14(20)17(11-13)27(25,26)23-9-7-12(8-10-23)18(24)22-16-4-2-1-3-15(16)21/h1-6,11-12H,7-10,21H2,(H,22,24). The summed E-state index contributed by atoms with van der Waals surface area (Å²) in [5.41, 5.74) is 6.74. The van der Waals surface area contributed by atoms with E-state index in [1.165, 1.54) is 0 Å². The Labute approximate surface area is 156 Å². The predicted octanol–water partition coefficient (Wildman–Crippen LogP) is 2.59. The smallest absolute Gasteiger partial charge is 0.246 e. The van der Waals surface area contributed by atoms with Gasteiger partial charge in [-0.05, 0) is 43.2 Å². The fourth-order valence-corrected chi connectivity index (χ4v) is 4.56. The number of sulfonamides is 1. The molecule has 3 rings (SSSR count). The normalized spacial score (nSPS) is 16.2. The number of amides is 1. The van der Waals surface area contributed by atoms with Gasteiger partial charge in [-0.3, -0.25) is 4.79 Å². The Bertz CT molecular complexity index is 958. The number of nitrogens with one attached hydrogen (secondary N) is 1. The molecule has 144 valence electrons. The lowest BCUT2D eigenvalue weighted by Crippen LogP contribution is -2.41. The summed E-state index contributed by atoms with van der Waals surface area (Å²) in [5.74, 6) is -2.48. The maximum Gasteiger partial charge on any atom is 0.246 e. The van der Waals surface area contributed by atoms with Crippen molar-refractivity contribution in [3.63, 3.8) is 0 Å². The van der Waals surface area contributed by atoms with Crippen molar-refractivity contribution in [2.75, 3.05) is 24.1 Å². The number of nitrogens with two attached hydrogens (primary N) is 1. The second-order valence-corrected chi connectivity index (χ2v) is 8.24. The lowest BCUT2D eigenvalue weighted by Gasteiger charge is -2.30. The Kier molecular flexibility index (Phi) is 5.43. The Morgan fingerprint density at radius 3 is 2.44 bits per heavy atom. The molecular formula is C18H19F2N3O3S. The fourth-order valence-electron chi connectivity index (χ4n) is 3.02. The molecule has 9 heteroatoms. The molecule has 0 saturated carbocycles. The summed E-state index contributed by atoms with van der Waals surface area (Å²) in [4.78, 5) is 11.7. The van der Waals surface area contributed by atoms with Crippen molar-refractivity contribution < 1.29 is 22.0 Å². The number of benzene rings is 2. The highest BCUT2D eigenvalue weighted by Crippen LogP contribution is 2.27. The number of piperidine rings is 1. The van der Waals surface area contributed by atoms with Crippen molar-refractivity contribution in [1.82, 2.24) is 4.31 Å². The highest BCUT2D eigenvalue weighted by molar-refractivity contribution is 7.89. The molecule has 1 heterocycles. The van der Waals surface area contributed by atoms with E-state index in [9.17, 15) is 22.0 Å². The van der Waals surface area contributed by atoms with Crippen LogP contribution in [-0.4, -0.2) is 31.7 Å². The molecule has 6 nitrogen and oxygen atoms in total. The molecule has 0 aliphatic carbocycles. The van der Waals surface area contributed by atoms with Gasteiger partial charge in [0.1, 0.15) is 16.5 Å². The largest absolute Gasteiger partial charge is 0.397 e. The molecule has 1 aliphatic heterocycles. The second kappa shape index (κ2) is 7.61. The highest BCUT2D eigenvalue weighted by Gasteiger charge is 2.33. The number of rotatable bonds is 4. The van der Waals surface area contributed by atoms with Crippen LogP contribution in [0, 0.1) is 17.6 Å². The van der Waals surface area contributed by atoms with Crippen LogP contribution in [0.15, 0.2) is 47.4 Å². The maximum absolute atomic E-state index is 13.9. The Morgan fingerprint density at radius 1 is 1.11 bits per heavy atom. The fraction of sp³-hybridized carbons (Fsp3) is 0.278. The molecule has 27 heavy (non-hydrogen) atoms. The number of carbonyl (C=O) groups excluding carboxylic acids is 1. The third-order valence-electron chi connectivity index (χ3n) is 4.55. The van der Waals surface area contributed by atoms with Gasteiger partial charge in [0.25, 0.3) is 0 Å². The monoisotopic (exact) mass is 395 g/mol. The summed E-state index contributed by atoms with van der Waals surface area (Å²) < 4.78 is 53.4. The van der Waals surface area contributed by atoms with Crippen LogP contribution in [0.4, 0.5) is 20.2 Å². The zero-order valence-electron chi connectivity index (χ0n) is 14.4. The van der Waals surface area contributed by atoms with E-state index >= 15 is 0 Å². The van der Waals surface area contributed by atoms with E-state index in [0.29, 0.717) is 17.4 Å². The van der Waals surface area contributed by atoms with Crippen LogP contribution in [-0.2, 0) is 14.8 Å². The second-order valence-electron chi connectivity index (χ2n) is 6.33. The van der Waals surface area contributed by atoms with E-state index in [2.05, 4.69) is 5.32 Å². The first-order chi connectivity index (χ1) is 12.8. The number of halogens is 2. The zero-order chi connectivity index (χ0) is 19.6. The number of hydrogen-bond donors (Lipinski definition) is 2. The first-order valence-electron chi connectivity index (χ1n) is 8.39. The van der Waals surface area contributed by atoms with Gasteiger partial charge in [0.05, 0.1) is 11.4 Å². The lowest BCUT2D eigenvalue weighted by atomic mass is 9.97. The average Bonchev–Trinajstić information content (AvgIpc) is 2.65. The Hall–Kier alpha value is -2.52. The van der Waals surface area contributed by atoms with Gasteiger partial charge in [-0.15, -0.1) is 0 Å². The number of para-hydroxylation sites is 2. The minimum atomic E-state index is -4.16. The topological polar surface area (TPSA) is 92.5 Å². The minimum Gasteiger partial charge on any atom is -0.397 e. The molecule has 1 aliphatic rings. The maximum atomic E-state index is 13.9. The molecule has 1 amide bonds. The van der Waals surface area contributed by atoms with Gasteiger partial charge in [0.15, 0.2) is 0 Å². The summed E-state index contributed by atoms with van der Waals surface area (Å²) in [6.45, 7) is 0.0846. The molecule has 0 atom stereocenters. The molecule has 0 unspecified atom stereocenters. The molecule has 0 radical (unpaired) electrons. The van der Waals surface area contributed by atoms with Gasteiger partial charge in [-0.25, -0.2) is 17.2 Å². The molecule has 0 aromatic heterocycles. The third-order valence-corrected chi connectivity index (χ3v) is 6.47. The van der Waals surface area contributed by atoms with E-state index in [1.54, 1.807) is 24.3 Å². The van der Waals surface area contributed by atoms with Gasteiger partial charge >= 0.3 is 0 Å². The van der Waals surface area contributed by atoms with Gasteiger partial charge < -0.3 is 11.1 Å². The van der Waals surface area contributed by atoms with Crippen LogP contribution in [0.5, 0.6) is 0 Å². The summed E-state index contributed by atoms with van der Waals surface area (Å²) in [7, 11) is -4.16. The van der Waals surface area contributed by atoms with Crippen molar-refractivity contribution in [3.8, 4) is 0 Å². The molecular weight excluding hydrogens is 376 g/mol. The van der Waals surface area contributed by atoms with E-state index in [1.807, 2.05) is 0 Å². The first-order valence-corrected chi connectivity index (χ1v) is 9.83. The number of nitrogen functional groups attached to an aromatic ring is 1. The van der Waals surface area contributed by atoms with Crippen molar-refractivity contribution in [2.24, 2.45) is 5.92 Å². The number of anilines is 2. The van der Waals surface area contributed by atoms with Crippen molar-refractivity contribution >= 4 is 27.3 Å². The predicted molar refractivity (Wildman–Crippen MR) is 97.3 cm³/mol. The quantitative estimate of drug-likeness (QED) is 0.779. The summed E-state index contributed by atoms with van der Waals surface area (Å²) in [6, 6.07) is 9.15. The molecule has 2 aromatic rings. The van der Waals surface area contributed by atoms with Gasteiger partial charge in [0.2, 0.25) is 15.9 Å². The molecule has 0 bridgehead atoms. The van der Waals surface area contributed by atoms with Gasteiger partial charge in [-0.2, -0.15) is 4.31 Å². The molecule has 1 saturated heterocycles. The minimum absolute atomic E-state index is 0.0423. The van der Waals surface area contributed by atoms with Crippen LogP contribution >= 0.6 is 0 Å². The molecule has 1 fully saturated rings. The van der Waals surface area contributed by atoms with Crippen molar-refractivity contribution in [3.05, 3.63) is 54.1 Å². The van der Waals surface area contributed by atoms with Crippen LogP contribution in [0.1, 0.15) is 12.8 Å². The molecule has 0 spiro atoms. The average molecular weight is 395 g/mol. The van der Waals surface area contributed by atoms with E-state index in [0.717, 1.165) is 16.4 Å². The number of carbonyl (C=O) groups is 1. The zero-order valence-corrected chi connectivity index (χ0v) is 15.2. The van der Waals surface area contributed by atoms with E-state index < -0.39 is 32.5 Å². The molecule has 2 aromatic carbocycles. The Morgan fingerprint density at radius 2 is 1.78 bits per heavy atom. The van der Waals surface area contributed by atoms with Crippen LogP contribution in [0.25, 0.3) is 0 Å². The molecule has 3 N–H and O–H groups in total. The van der Waals surface area contributed by atoms with Crippen LogP contribution < -0.4 is 11.1 Å². The lowest BCUT2D eigenvalue weighted by molar-refractivity contribution is -0.120. The summed E-state index contributed by atoms with van der Waals surface area (Å²) in [6.07, 6.45) is 0.545. The Balaban J connectivity index is 1.67. The van der Waals surface area contributed by atoms with Gasteiger partial charge in [-0.1, -0.05) is 12.1 Å². The summed E-state index contributed by atoms with van der Waals surface area (Å²) >= 11 is 0. The van der Waals surface area contributed by atoms with E-state index in [4.69, 9.17) is 5.73 Å². The van der Waals surface area contributed by atoms with E-state index in [-0.39, 0.29) is 31.8 Å². The SMILES string of the molecule is Nc1ccccc1NC(=O)C1CCN(S(=O)(=O)c2cc(F)ccc2F)CC1. The summed E-state index contributed by atoms with van der Waals surface area (Å²) in [5, 5.41) is 2.74. The van der Waals surface area contributed by atoms with Crippen molar-refractivity contribution in [1.29, 1.82) is 0 Å². The van der Waals surface area contributed by atoms with Gasteiger partial charge in [0, 0.05) is 19.0 Å². The highest BCUT2D eigenvalue weighted by atomic mass is 32.2. The number of hydrogen-bond acceptors (Lipinski definition) is 4. The van der Waals surface area contributed by atoms with Crippen LogP contribution in [0.2, 0.25) is 0 Å². The first kappa shape index (κ1) is 19.2.